The molecule has 1 fully saturated rings. The number of aromatic nitrogens is 2. The van der Waals surface area contributed by atoms with Crippen LogP contribution in [0.25, 0.3) is 0 Å². The highest BCUT2D eigenvalue weighted by Crippen LogP contribution is 2.28. The molecule has 0 aromatic carbocycles. The molecule has 0 saturated carbocycles. The molecular weight excluding hydrogens is 318 g/mol. The highest BCUT2D eigenvalue weighted by Gasteiger charge is 2.36. The lowest BCUT2D eigenvalue weighted by Crippen LogP contribution is -2.42. The molecule has 1 aliphatic rings. The molecule has 1 atom stereocenters. The Bertz CT molecular complexity index is 694. The van der Waals surface area contributed by atoms with Crippen molar-refractivity contribution in [2.75, 3.05) is 13.1 Å². The minimum absolute atomic E-state index is 0.0336. The van der Waals surface area contributed by atoms with Crippen LogP contribution < -0.4 is 0 Å². The largest absolute Gasteiger partial charge is 0.481 e. The van der Waals surface area contributed by atoms with Gasteiger partial charge < -0.3 is 5.11 Å². The normalized spacial score (nSPS) is 20.1. The van der Waals surface area contributed by atoms with Crippen LogP contribution in [0.1, 0.15) is 38.1 Å². The number of carbonyl (C=O) groups is 1. The Labute approximate surface area is 137 Å². The monoisotopic (exact) mass is 343 g/mol. The van der Waals surface area contributed by atoms with E-state index in [1.54, 1.807) is 18.5 Å². The fraction of sp³-hybridized carbons (Fsp3) is 0.733. The molecule has 23 heavy (non-hydrogen) atoms. The van der Waals surface area contributed by atoms with Gasteiger partial charge in [0.15, 0.2) is 0 Å². The molecule has 2 heterocycles. The molecule has 1 aliphatic heterocycles. The zero-order valence-corrected chi connectivity index (χ0v) is 14.9. The zero-order valence-electron chi connectivity index (χ0n) is 14.1. The van der Waals surface area contributed by atoms with Crippen molar-refractivity contribution in [2.24, 2.45) is 11.8 Å². The van der Waals surface area contributed by atoms with Crippen molar-refractivity contribution in [2.45, 2.75) is 52.0 Å². The molecule has 7 nitrogen and oxygen atoms in total. The number of nitrogens with zero attached hydrogens (tertiary/aromatic N) is 3. The van der Waals surface area contributed by atoms with Crippen molar-refractivity contribution in [1.29, 1.82) is 0 Å². The van der Waals surface area contributed by atoms with Crippen LogP contribution in [0.5, 0.6) is 0 Å². The number of carboxylic acids is 1. The minimum atomic E-state index is -3.72. The number of hydrogen-bond donors (Lipinski definition) is 1. The molecule has 8 heteroatoms. The van der Waals surface area contributed by atoms with Gasteiger partial charge in [-0.2, -0.15) is 9.40 Å². The Morgan fingerprint density at radius 3 is 2.61 bits per heavy atom. The van der Waals surface area contributed by atoms with Gasteiger partial charge >= 0.3 is 5.97 Å². The first-order valence-corrected chi connectivity index (χ1v) is 9.35. The summed E-state index contributed by atoms with van der Waals surface area (Å²) in [7, 11) is -3.72. The third-order valence-corrected chi connectivity index (χ3v) is 6.30. The van der Waals surface area contributed by atoms with E-state index in [2.05, 4.69) is 5.10 Å². The Balaban J connectivity index is 2.36. The molecule has 1 aromatic rings. The van der Waals surface area contributed by atoms with Crippen LogP contribution in [0, 0.1) is 25.7 Å². The van der Waals surface area contributed by atoms with Gasteiger partial charge in [0.05, 0.1) is 17.3 Å². The average Bonchev–Trinajstić information content (AvgIpc) is 2.73. The van der Waals surface area contributed by atoms with Gasteiger partial charge in [0.25, 0.3) is 0 Å². The van der Waals surface area contributed by atoms with Gasteiger partial charge in [0.2, 0.25) is 10.0 Å². The summed E-state index contributed by atoms with van der Waals surface area (Å²) in [5.41, 5.74) is 1.09. The molecule has 0 radical (unpaired) electrons. The second-order valence-corrected chi connectivity index (χ2v) is 8.49. The topological polar surface area (TPSA) is 92.5 Å². The molecule has 130 valence electrons. The smallest absolute Gasteiger partial charge is 0.307 e. The lowest BCUT2D eigenvalue weighted by Gasteiger charge is -2.29. The van der Waals surface area contributed by atoms with E-state index in [4.69, 9.17) is 5.11 Å². The molecule has 1 saturated heterocycles. The van der Waals surface area contributed by atoms with E-state index < -0.39 is 21.9 Å². The maximum atomic E-state index is 13.0. The lowest BCUT2D eigenvalue weighted by atomic mass is 10.0. The standard InChI is InChI=1S/C15H25N3O4S/c1-10(2)8-18-12(4)14(11(3)16-18)23(21,22)17-7-5-6-13(9-17)15(19)20/h10,13H,5-9H2,1-4H3,(H,19,20). The van der Waals surface area contributed by atoms with Crippen LogP contribution in [-0.4, -0.2) is 46.7 Å². The van der Waals surface area contributed by atoms with Crippen LogP contribution in [0.15, 0.2) is 4.90 Å². The van der Waals surface area contributed by atoms with Crippen LogP contribution in [0.2, 0.25) is 0 Å². The molecule has 0 amide bonds. The Hall–Kier alpha value is -1.41. The predicted molar refractivity (Wildman–Crippen MR) is 85.7 cm³/mol. The zero-order chi connectivity index (χ0) is 17.4. The Morgan fingerprint density at radius 2 is 2.04 bits per heavy atom. The summed E-state index contributed by atoms with van der Waals surface area (Å²) in [4.78, 5) is 11.4. The Kier molecular flexibility index (Phi) is 5.15. The van der Waals surface area contributed by atoms with Crippen LogP contribution >= 0.6 is 0 Å². The number of carboxylic acid groups (broad SMARTS) is 1. The molecule has 2 rings (SSSR count). The van der Waals surface area contributed by atoms with Gasteiger partial charge in [0.1, 0.15) is 4.90 Å². The van der Waals surface area contributed by atoms with Crippen molar-refractivity contribution in [3.63, 3.8) is 0 Å². The summed E-state index contributed by atoms with van der Waals surface area (Å²) in [5.74, 6) is -1.21. The molecule has 0 bridgehead atoms. The molecule has 0 aliphatic carbocycles. The first kappa shape index (κ1) is 17.9. The number of aliphatic carboxylic acids is 1. The van der Waals surface area contributed by atoms with E-state index in [0.717, 1.165) is 0 Å². The number of hydrogen-bond acceptors (Lipinski definition) is 4. The molecule has 0 spiro atoms. The third-order valence-electron chi connectivity index (χ3n) is 4.18. The fourth-order valence-electron chi connectivity index (χ4n) is 3.07. The number of rotatable bonds is 5. The van der Waals surface area contributed by atoms with Crippen molar-refractivity contribution in [1.82, 2.24) is 14.1 Å². The summed E-state index contributed by atoms with van der Waals surface area (Å²) in [5, 5.41) is 13.5. The van der Waals surface area contributed by atoms with Gasteiger partial charge in [-0.1, -0.05) is 13.8 Å². The van der Waals surface area contributed by atoms with Gasteiger partial charge in [-0.25, -0.2) is 8.42 Å². The van der Waals surface area contributed by atoms with E-state index in [0.29, 0.717) is 43.2 Å². The van der Waals surface area contributed by atoms with Gasteiger partial charge in [-0.05, 0) is 32.6 Å². The number of aryl methyl sites for hydroxylation is 1. The van der Waals surface area contributed by atoms with Gasteiger partial charge in [-0.3, -0.25) is 9.48 Å². The molecule has 1 N–H and O–H groups in total. The third kappa shape index (κ3) is 3.58. The van der Waals surface area contributed by atoms with Gasteiger partial charge in [-0.15, -0.1) is 0 Å². The second kappa shape index (κ2) is 6.60. The van der Waals surface area contributed by atoms with E-state index in [1.807, 2.05) is 13.8 Å². The van der Waals surface area contributed by atoms with Crippen molar-refractivity contribution in [3.05, 3.63) is 11.4 Å². The first-order chi connectivity index (χ1) is 10.6. The van der Waals surface area contributed by atoms with Crippen molar-refractivity contribution >= 4 is 16.0 Å². The Morgan fingerprint density at radius 1 is 1.39 bits per heavy atom. The summed E-state index contributed by atoms with van der Waals surface area (Å²) < 4.78 is 29.0. The maximum absolute atomic E-state index is 13.0. The first-order valence-electron chi connectivity index (χ1n) is 7.91. The van der Waals surface area contributed by atoms with E-state index in [-0.39, 0.29) is 11.4 Å². The summed E-state index contributed by atoms with van der Waals surface area (Å²) >= 11 is 0. The summed E-state index contributed by atoms with van der Waals surface area (Å²) in [6.45, 7) is 8.59. The van der Waals surface area contributed by atoms with Crippen LogP contribution in [-0.2, 0) is 21.4 Å². The van der Waals surface area contributed by atoms with E-state index in [1.165, 1.54) is 4.31 Å². The van der Waals surface area contributed by atoms with Gasteiger partial charge in [0, 0.05) is 19.6 Å². The van der Waals surface area contributed by atoms with Crippen LogP contribution in [0.4, 0.5) is 0 Å². The van der Waals surface area contributed by atoms with Crippen molar-refractivity contribution in [3.8, 4) is 0 Å². The lowest BCUT2D eigenvalue weighted by molar-refractivity contribution is -0.142. The second-order valence-electron chi connectivity index (χ2n) is 6.62. The molecule has 1 aromatic heterocycles. The SMILES string of the molecule is Cc1nn(CC(C)C)c(C)c1S(=O)(=O)N1CCCC(C(=O)O)C1. The average molecular weight is 343 g/mol. The summed E-state index contributed by atoms with van der Waals surface area (Å²) in [6.07, 6.45) is 1.08. The molecular formula is C15H25N3O4S. The summed E-state index contributed by atoms with van der Waals surface area (Å²) in [6, 6.07) is 0. The highest BCUT2D eigenvalue weighted by molar-refractivity contribution is 7.89. The predicted octanol–water partition coefficient (Wildman–Crippen LogP) is 1.64. The van der Waals surface area contributed by atoms with E-state index >= 15 is 0 Å². The quantitative estimate of drug-likeness (QED) is 0.877. The maximum Gasteiger partial charge on any atom is 0.307 e. The van der Waals surface area contributed by atoms with E-state index in [9.17, 15) is 13.2 Å². The van der Waals surface area contributed by atoms with Crippen LogP contribution in [0.3, 0.4) is 0 Å². The number of piperidine rings is 1. The van der Waals surface area contributed by atoms with Crippen molar-refractivity contribution < 1.29 is 18.3 Å². The minimum Gasteiger partial charge on any atom is -0.481 e. The number of sulfonamides is 1. The highest BCUT2D eigenvalue weighted by atomic mass is 32.2. The molecule has 1 unspecified atom stereocenters. The fourth-order valence-corrected chi connectivity index (χ4v) is 4.97.